The zero-order valence-electron chi connectivity index (χ0n) is 7.02. The SMILES string of the molecule is NC(=O)CCSSSCCC(N)=O. The van der Waals surface area contributed by atoms with E-state index in [9.17, 15) is 9.59 Å². The minimum Gasteiger partial charge on any atom is -0.370 e. The van der Waals surface area contributed by atoms with Crippen LogP contribution in [0.1, 0.15) is 12.8 Å². The molecule has 0 saturated heterocycles. The molecule has 7 heteroatoms. The van der Waals surface area contributed by atoms with E-state index in [-0.39, 0.29) is 11.8 Å². The molecule has 0 aliphatic carbocycles. The molecule has 2 amide bonds. The van der Waals surface area contributed by atoms with E-state index in [2.05, 4.69) is 0 Å². The zero-order valence-corrected chi connectivity index (χ0v) is 9.47. The number of rotatable bonds is 8. The van der Waals surface area contributed by atoms with Gasteiger partial charge in [0.15, 0.2) is 0 Å². The number of amides is 2. The van der Waals surface area contributed by atoms with Crippen molar-refractivity contribution in [3.63, 3.8) is 0 Å². The quantitative estimate of drug-likeness (QED) is 0.483. The summed E-state index contributed by atoms with van der Waals surface area (Å²) in [7, 11) is 4.67. The summed E-state index contributed by atoms with van der Waals surface area (Å²) in [5.41, 5.74) is 9.89. The van der Waals surface area contributed by atoms with Crippen molar-refractivity contribution in [1.29, 1.82) is 0 Å². The van der Waals surface area contributed by atoms with Crippen LogP contribution in [0.2, 0.25) is 0 Å². The molecule has 0 aromatic carbocycles. The highest BCUT2D eigenvalue weighted by Gasteiger charge is 1.97. The van der Waals surface area contributed by atoms with E-state index in [0.717, 1.165) is 0 Å². The molecule has 0 atom stereocenters. The average Bonchev–Trinajstić information content (AvgIpc) is 2.01. The summed E-state index contributed by atoms with van der Waals surface area (Å²) in [6.45, 7) is 0. The maximum atomic E-state index is 10.3. The first-order chi connectivity index (χ1) is 6.13. The molecule has 0 aliphatic heterocycles. The molecule has 4 N–H and O–H groups in total. The molecule has 0 aliphatic rings. The molecule has 0 saturated carbocycles. The van der Waals surface area contributed by atoms with E-state index in [1.165, 1.54) is 0 Å². The monoisotopic (exact) mass is 240 g/mol. The summed E-state index contributed by atoms with van der Waals surface area (Å²) in [4.78, 5) is 20.6. The second-order valence-electron chi connectivity index (χ2n) is 2.14. The first-order valence-corrected chi connectivity index (χ1v) is 7.42. The van der Waals surface area contributed by atoms with Crippen LogP contribution in [0.3, 0.4) is 0 Å². The van der Waals surface area contributed by atoms with Gasteiger partial charge in [0.1, 0.15) is 0 Å². The third kappa shape index (κ3) is 12.0. The maximum absolute atomic E-state index is 10.3. The van der Waals surface area contributed by atoms with E-state index in [1.54, 1.807) is 31.4 Å². The minimum absolute atomic E-state index is 0.282. The molecule has 4 nitrogen and oxygen atoms in total. The van der Waals surface area contributed by atoms with Gasteiger partial charge in [0.25, 0.3) is 0 Å². The fourth-order valence-electron chi connectivity index (χ4n) is 0.387. The molecule has 0 aromatic rings. The van der Waals surface area contributed by atoms with Gasteiger partial charge >= 0.3 is 0 Å². The number of hydrogen-bond donors (Lipinski definition) is 2. The van der Waals surface area contributed by atoms with Crippen LogP contribution in [0.4, 0.5) is 0 Å². The Balaban J connectivity index is 3.00. The number of nitrogens with two attached hydrogens (primary N) is 2. The molecule has 0 rings (SSSR count). The van der Waals surface area contributed by atoms with Crippen molar-refractivity contribution in [1.82, 2.24) is 0 Å². The Bertz CT molecular complexity index is 159. The van der Waals surface area contributed by atoms with Crippen molar-refractivity contribution < 1.29 is 9.59 Å². The minimum atomic E-state index is -0.282. The number of carbonyl (C=O) groups is 2. The lowest BCUT2D eigenvalue weighted by molar-refractivity contribution is -0.118. The zero-order chi connectivity index (χ0) is 10.1. The summed E-state index contributed by atoms with van der Waals surface area (Å²) in [5, 5.41) is 0. The highest BCUT2D eigenvalue weighted by atomic mass is 33.5. The summed E-state index contributed by atoms with van der Waals surface area (Å²) >= 11 is 0. The summed E-state index contributed by atoms with van der Waals surface area (Å²) in [6.07, 6.45) is 0.794. The Hall–Kier alpha value is -0.0100. The molecule has 76 valence electrons. The first kappa shape index (κ1) is 13.0. The lowest BCUT2D eigenvalue weighted by Gasteiger charge is -1.97. The molecule has 0 heterocycles. The second-order valence-corrected chi connectivity index (χ2v) is 6.62. The maximum Gasteiger partial charge on any atom is 0.218 e. The van der Waals surface area contributed by atoms with Crippen LogP contribution in [0.25, 0.3) is 0 Å². The van der Waals surface area contributed by atoms with Gasteiger partial charge in [0.05, 0.1) is 0 Å². The molecule has 0 aromatic heterocycles. The van der Waals surface area contributed by atoms with Crippen LogP contribution in [-0.4, -0.2) is 23.3 Å². The van der Waals surface area contributed by atoms with Crippen molar-refractivity contribution in [2.24, 2.45) is 11.5 Å². The van der Waals surface area contributed by atoms with Crippen LogP contribution >= 0.6 is 31.4 Å². The third-order valence-electron chi connectivity index (χ3n) is 0.960. The van der Waals surface area contributed by atoms with Gasteiger partial charge < -0.3 is 11.5 Å². The molecule has 0 fully saturated rings. The Morgan fingerprint density at radius 3 is 1.62 bits per heavy atom. The fraction of sp³-hybridized carbons (Fsp3) is 0.667. The normalized spacial score (nSPS) is 9.85. The van der Waals surface area contributed by atoms with Gasteiger partial charge in [-0.25, -0.2) is 0 Å². The molecule has 13 heavy (non-hydrogen) atoms. The van der Waals surface area contributed by atoms with Gasteiger partial charge in [0.2, 0.25) is 11.8 Å². The molecule has 0 radical (unpaired) electrons. The van der Waals surface area contributed by atoms with Crippen LogP contribution in [-0.2, 0) is 9.59 Å². The van der Waals surface area contributed by atoms with E-state index < -0.39 is 0 Å². The van der Waals surface area contributed by atoms with Gasteiger partial charge in [-0.3, -0.25) is 9.59 Å². The lowest BCUT2D eigenvalue weighted by atomic mass is 10.5. The first-order valence-electron chi connectivity index (χ1n) is 3.60. The van der Waals surface area contributed by atoms with Crippen molar-refractivity contribution >= 4 is 43.2 Å². The van der Waals surface area contributed by atoms with Gasteiger partial charge in [-0.15, -0.1) is 0 Å². The van der Waals surface area contributed by atoms with Crippen molar-refractivity contribution in [3.8, 4) is 0 Å². The topological polar surface area (TPSA) is 86.2 Å². The average molecular weight is 240 g/mol. The van der Waals surface area contributed by atoms with Gasteiger partial charge in [-0.1, -0.05) is 21.6 Å². The van der Waals surface area contributed by atoms with Crippen molar-refractivity contribution in [3.05, 3.63) is 0 Å². The smallest absolute Gasteiger partial charge is 0.218 e. The highest BCUT2D eigenvalue weighted by Crippen LogP contribution is 2.34. The molecular weight excluding hydrogens is 228 g/mol. The Labute approximate surface area is 88.7 Å². The van der Waals surface area contributed by atoms with Crippen molar-refractivity contribution in [2.75, 3.05) is 11.5 Å². The molecule has 0 spiro atoms. The predicted octanol–water partition coefficient (Wildman–Crippen LogP) is 0.767. The Morgan fingerprint density at radius 2 is 1.31 bits per heavy atom. The van der Waals surface area contributed by atoms with Gasteiger partial charge in [-0.2, -0.15) is 0 Å². The molecule has 0 unspecified atom stereocenters. The Morgan fingerprint density at radius 1 is 0.923 bits per heavy atom. The third-order valence-corrected chi connectivity index (χ3v) is 5.20. The Kier molecular flexibility index (Phi) is 8.58. The number of primary amides is 2. The van der Waals surface area contributed by atoms with Crippen LogP contribution in [0.15, 0.2) is 0 Å². The number of carbonyl (C=O) groups excluding carboxylic acids is 2. The predicted molar refractivity (Wildman–Crippen MR) is 60.1 cm³/mol. The fourth-order valence-corrected chi connectivity index (χ4v) is 4.11. The second kappa shape index (κ2) is 8.58. The van der Waals surface area contributed by atoms with Crippen molar-refractivity contribution in [2.45, 2.75) is 12.8 Å². The van der Waals surface area contributed by atoms with Crippen LogP contribution < -0.4 is 11.5 Å². The molecule has 0 bridgehead atoms. The van der Waals surface area contributed by atoms with E-state index in [1.807, 2.05) is 0 Å². The standard InChI is InChI=1S/C6H12N2O2S3/c7-5(9)1-3-11-13-12-4-2-6(8)10/h1-4H2,(H2,7,9)(H2,8,10). The summed E-state index contributed by atoms with van der Waals surface area (Å²) < 4.78 is 0. The van der Waals surface area contributed by atoms with E-state index in [0.29, 0.717) is 24.3 Å². The number of hydrogen-bond acceptors (Lipinski definition) is 5. The summed E-state index contributed by atoms with van der Waals surface area (Å²) in [6, 6.07) is 0. The lowest BCUT2D eigenvalue weighted by Crippen LogP contribution is -2.10. The van der Waals surface area contributed by atoms with Crippen LogP contribution in [0.5, 0.6) is 0 Å². The highest BCUT2D eigenvalue weighted by molar-refractivity contribution is 9.09. The van der Waals surface area contributed by atoms with Gasteiger partial charge in [0, 0.05) is 24.3 Å². The molecular formula is C6H12N2O2S3. The van der Waals surface area contributed by atoms with Gasteiger partial charge in [-0.05, 0) is 9.83 Å². The van der Waals surface area contributed by atoms with E-state index >= 15 is 0 Å². The van der Waals surface area contributed by atoms with E-state index in [4.69, 9.17) is 11.5 Å². The summed E-state index contributed by atoms with van der Waals surface area (Å²) in [5.74, 6) is 0.859. The van der Waals surface area contributed by atoms with Crippen LogP contribution in [0, 0.1) is 0 Å². The largest absolute Gasteiger partial charge is 0.370 e.